The Morgan fingerprint density at radius 2 is 1.84 bits per heavy atom. The SMILES string of the molecule is COc1cc2c(cc1OC)C(c1ccccc1)N(C(=O)c1cc(CC(C)C)[nH]n1)CC2. The molecule has 1 unspecified atom stereocenters. The van der Waals surface area contributed by atoms with Gasteiger partial charge in [-0.15, -0.1) is 0 Å². The first kappa shape index (κ1) is 21.0. The number of hydrogen-bond donors (Lipinski definition) is 1. The maximum atomic E-state index is 13.6. The number of fused-ring (bicyclic) bond motifs is 1. The molecule has 0 saturated carbocycles. The van der Waals surface area contributed by atoms with E-state index >= 15 is 0 Å². The van der Waals surface area contributed by atoms with Gasteiger partial charge in [0.2, 0.25) is 0 Å². The zero-order valence-corrected chi connectivity index (χ0v) is 18.5. The number of rotatable bonds is 6. The molecule has 31 heavy (non-hydrogen) atoms. The number of nitrogens with one attached hydrogen (secondary N) is 1. The molecule has 1 atom stereocenters. The van der Waals surface area contributed by atoms with Crippen molar-refractivity contribution < 1.29 is 14.3 Å². The Kier molecular flexibility index (Phi) is 5.98. The average molecular weight is 420 g/mol. The van der Waals surface area contributed by atoms with E-state index in [1.807, 2.05) is 41.3 Å². The van der Waals surface area contributed by atoms with Crippen molar-refractivity contribution in [1.29, 1.82) is 0 Å². The van der Waals surface area contributed by atoms with Crippen LogP contribution in [0.4, 0.5) is 0 Å². The molecule has 1 aromatic heterocycles. The summed E-state index contributed by atoms with van der Waals surface area (Å²) < 4.78 is 11.1. The van der Waals surface area contributed by atoms with Gasteiger partial charge in [0.25, 0.3) is 5.91 Å². The van der Waals surface area contributed by atoms with Gasteiger partial charge in [-0.3, -0.25) is 9.89 Å². The quantitative estimate of drug-likeness (QED) is 0.643. The van der Waals surface area contributed by atoms with Crippen LogP contribution in [0.3, 0.4) is 0 Å². The molecule has 1 aliphatic heterocycles. The molecule has 6 nitrogen and oxygen atoms in total. The summed E-state index contributed by atoms with van der Waals surface area (Å²) in [4.78, 5) is 15.5. The van der Waals surface area contributed by atoms with Gasteiger partial charge in [-0.25, -0.2) is 0 Å². The van der Waals surface area contributed by atoms with E-state index in [0.29, 0.717) is 29.7 Å². The molecule has 0 bridgehead atoms. The molecular weight excluding hydrogens is 390 g/mol. The second-order valence-corrected chi connectivity index (χ2v) is 8.34. The molecule has 0 aliphatic carbocycles. The number of aromatic nitrogens is 2. The smallest absolute Gasteiger partial charge is 0.275 e. The molecule has 4 rings (SSSR count). The van der Waals surface area contributed by atoms with Crippen LogP contribution >= 0.6 is 0 Å². The van der Waals surface area contributed by atoms with Crippen LogP contribution < -0.4 is 9.47 Å². The van der Waals surface area contributed by atoms with Crippen LogP contribution in [0.25, 0.3) is 0 Å². The van der Waals surface area contributed by atoms with E-state index in [1.165, 1.54) is 0 Å². The lowest BCUT2D eigenvalue weighted by Crippen LogP contribution is -2.40. The van der Waals surface area contributed by atoms with E-state index < -0.39 is 0 Å². The third-order valence-corrected chi connectivity index (χ3v) is 5.73. The van der Waals surface area contributed by atoms with Crippen molar-refractivity contribution in [1.82, 2.24) is 15.1 Å². The third-order valence-electron chi connectivity index (χ3n) is 5.73. The lowest BCUT2D eigenvalue weighted by Gasteiger charge is -2.37. The molecule has 2 heterocycles. The molecule has 1 aliphatic rings. The third kappa shape index (κ3) is 4.15. The molecule has 0 radical (unpaired) electrons. The maximum Gasteiger partial charge on any atom is 0.275 e. The number of amides is 1. The molecule has 1 amide bonds. The van der Waals surface area contributed by atoms with Gasteiger partial charge in [0.05, 0.1) is 20.3 Å². The molecule has 0 spiro atoms. The van der Waals surface area contributed by atoms with Crippen molar-refractivity contribution in [3.05, 3.63) is 76.6 Å². The number of ether oxygens (including phenoxy) is 2. The first-order valence-corrected chi connectivity index (χ1v) is 10.7. The van der Waals surface area contributed by atoms with E-state index in [1.54, 1.807) is 14.2 Å². The summed E-state index contributed by atoms with van der Waals surface area (Å²) in [5.74, 6) is 1.79. The minimum Gasteiger partial charge on any atom is -0.493 e. The Morgan fingerprint density at radius 3 is 2.52 bits per heavy atom. The van der Waals surface area contributed by atoms with E-state index in [2.05, 4.69) is 36.2 Å². The maximum absolute atomic E-state index is 13.6. The predicted molar refractivity (Wildman–Crippen MR) is 120 cm³/mol. The lowest BCUT2D eigenvalue weighted by molar-refractivity contribution is 0.0688. The lowest BCUT2D eigenvalue weighted by atomic mass is 9.87. The van der Waals surface area contributed by atoms with Gasteiger partial charge < -0.3 is 14.4 Å². The van der Waals surface area contributed by atoms with Gasteiger partial charge in [-0.2, -0.15) is 5.10 Å². The number of aromatic amines is 1. The van der Waals surface area contributed by atoms with Crippen molar-refractivity contribution in [2.75, 3.05) is 20.8 Å². The molecule has 0 fully saturated rings. The summed E-state index contributed by atoms with van der Waals surface area (Å²) >= 11 is 0. The number of hydrogen-bond acceptors (Lipinski definition) is 4. The number of methoxy groups -OCH3 is 2. The topological polar surface area (TPSA) is 67.5 Å². The molecule has 3 aromatic rings. The van der Waals surface area contributed by atoms with Crippen LogP contribution in [0, 0.1) is 5.92 Å². The Hall–Kier alpha value is -3.28. The highest BCUT2D eigenvalue weighted by Crippen LogP contribution is 2.41. The highest BCUT2D eigenvalue weighted by Gasteiger charge is 2.34. The Labute approximate surface area is 183 Å². The van der Waals surface area contributed by atoms with Crippen molar-refractivity contribution in [2.24, 2.45) is 5.92 Å². The fourth-order valence-corrected chi connectivity index (χ4v) is 4.32. The summed E-state index contributed by atoms with van der Waals surface area (Å²) in [6.07, 6.45) is 1.61. The zero-order chi connectivity index (χ0) is 22.0. The first-order valence-electron chi connectivity index (χ1n) is 10.7. The van der Waals surface area contributed by atoms with E-state index in [4.69, 9.17) is 9.47 Å². The van der Waals surface area contributed by atoms with Crippen molar-refractivity contribution in [3.63, 3.8) is 0 Å². The van der Waals surface area contributed by atoms with Gasteiger partial charge in [0.15, 0.2) is 11.5 Å². The highest BCUT2D eigenvalue weighted by atomic mass is 16.5. The van der Waals surface area contributed by atoms with Gasteiger partial charge in [0.1, 0.15) is 5.69 Å². The van der Waals surface area contributed by atoms with Crippen molar-refractivity contribution in [2.45, 2.75) is 32.7 Å². The number of carbonyl (C=O) groups is 1. The molecule has 2 aromatic carbocycles. The fourth-order valence-electron chi connectivity index (χ4n) is 4.32. The first-order chi connectivity index (χ1) is 15.0. The highest BCUT2D eigenvalue weighted by molar-refractivity contribution is 5.93. The summed E-state index contributed by atoms with van der Waals surface area (Å²) in [5.41, 5.74) is 4.72. The summed E-state index contributed by atoms with van der Waals surface area (Å²) in [5, 5.41) is 7.36. The number of nitrogens with zero attached hydrogens (tertiary/aromatic N) is 2. The van der Waals surface area contributed by atoms with Crippen molar-refractivity contribution in [3.8, 4) is 11.5 Å². The molecular formula is C25H29N3O3. The fraction of sp³-hybridized carbons (Fsp3) is 0.360. The minimum atomic E-state index is -0.220. The van der Waals surface area contributed by atoms with Gasteiger partial charge in [-0.05, 0) is 53.6 Å². The number of carbonyl (C=O) groups excluding carboxylic acids is 1. The van der Waals surface area contributed by atoms with Gasteiger partial charge in [-0.1, -0.05) is 44.2 Å². The van der Waals surface area contributed by atoms with Crippen LogP contribution in [0.15, 0.2) is 48.5 Å². The summed E-state index contributed by atoms with van der Waals surface area (Å²) in [6, 6.07) is 15.8. The molecule has 6 heteroatoms. The van der Waals surface area contributed by atoms with E-state index in [0.717, 1.165) is 35.2 Å². The van der Waals surface area contributed by atoms with Gasteiger partial charge >= 0.3 is 0 Å². The Balaban J connectivity index is 1.76. The number of H-pyrrole nitrogens is 1. The van der Waals surface area contributed by atoms with Crippen LogP contribution in [0.1, 0.15) is 52.8 Å². The molecule has 1 N–H and O–H groups in total. The predicted octanol–water partition coefficient (Wildman–Crippen LogP) is 4.41. The monoisotopic (exact) mass is 419 g/mol. The Bertz CT molecular complexity index is 1060. The van der Waals surface area contributed by atoms with E-state index in [-0.39, 0.29) is 11.9 Å². The zero-order valence-electron chi connectivity index (χ0n) is 18.5. The standard InChI is InChI=1S/C25H29N3O3/c1-16(2)12-19-14-21(27-26-19)25(29)28-11-10-18-13-22(30-3)23(31-4)15-20(18)24(28)17-8-6-5-7-9-17/h5-9,13-16,24H,10-12H2,1-4H3,(H,26,27). The van der Waals surface area contributed by atoms with Crippen LogP contribution in [-0.2, 0) is 12.8 Å². The van der Waals surface area contributed by atoms with Crippen molar-refractivity contribution >= 4 is 5.91 Å². The van der Waals surface area contributed by atoms with Crippen LogP contribution in [0.5, 0.6) is 11.5 Å². The second-order valence-electron chi connectivity index (χ2n) is 8.34. The summed E-state index contributed by atoms with van der Waals surface area (Å²) in [6.45, 7) is 4.90. The minimum absolute atomic E-state index is 0.0689. The molecule has 162 valence electrons. The average Bonchev–Trinajstić information content (AvgIpc) is 3.25. The van der Waals surface area contributed by atoms with Crippen LogP contribution in [0.2, 0.25) is 0 Å². The van der Waals surface area contributed by atoms with E-state index in [9.17, 15) is 4.79 Å². The van der Waals surface area contributed by atoms with Gasteiger partial charge in [0, 0.05) is 12.2 Å². The Morgan fingerprint density at radius 1 is 1.13 bits per heavy atom. The summed E-state index contributed by atoms with van der Waals surface area (Å²) in [7, 11) is 3.28. The largest absolute Gasteiger partial charge is 0.493 e. The molecule has 0 saturated heterocycles. The normalized spacial score (nSPS) is 15.6. The second kappa shape index (κ2) is 8.84. The van der Waals surface area contributed by atoms with Crippen LogP contribution in [-0.4, -0.2) is 41.8 Å². The number of benzene rings is 2.